The molecule has 0 bridgehead atoms. The van der Waals surface area contributed by atoms with Crippen LogP contribution >= 0.6 is 0 Å². The van der Waals surface area contributed by atoms with E-state index in [0.717, 1.165) is 0 Å². The van der Waals surface area contributed by atoms with Crippen LogP contribution in [-0.2, 0) is 17.1 Å². The van der Waals surface area contributed by atoms with Crippen LogP contribution < -0.4 is 0 Å². The zero-order chi connectivity index (χ0) is 10.4. The Kier molecular flexibility index (Phi) is 6.77. The first-order valence-corrected chi connectivity index (χ1v) is 4.76. The third-order valence-corrected chi connectivity index (χ3v) is 2.00. The van der Waals surface area contributed by atoms with E-state index in [0.29, 0.717) is 0 Å². The Morgan fingerprint density at radius 2 is 1.93 bits per heavy atom. The van der Waals surface area contributed by atoms with Gasteiger partial charge in [-0.1, -0.05) is 6.92 Å². The van der Waals surface area contributed by atoms with Gasteiger partial charge >= 0.3 is 0 Å². The molecule has 0 N–H and O–H groups in total. The minimum absolute atomic E-state index is 0. The van der Waals surface area contributed by atoms with E-state index in [4.69, 9.17) is 0 Å². The quantitative estimate of drug-likeness (QED) is 0.520. The standard InChI is InChI=1S/C8H9.C6H7.Fe/c1-3-8-5-4-7(2)6-8;1-6-4-2-3-5-6;/h3-6H,1H2,2H3;2-5H,1H3;/q-1;-5;. The average Bonchev–Trinajstić information content (AvgIpc) is 2.77. The van der Waals surface area contributed by atoms with E-state index in [9.17, 15) is 0 Å². The molecule has 0 spiro atoms. The van der Waals surface area contributed by atoms with Crippen LogP contribution in [0.15, 0.2) is 49.0 Å². The summed E-state index contributed by atoms with van der Waals surface area (Å²) < 4.78 is 0. The molecule has 0 aliphatic carbocycles. The SMILES string of the molecule is C=C[c-]1ccc(C)c1.C[c-]1[cH-][cH-][cH-][cH-]1.[Fe]. The molecule has 0 saturated heterocycles. The molecule has 0 radical (unpaired) electrons. The van der Waals surface area contributed by atoms with E-state index in [2.05, 4.69) is 50.8 Å². The zero-order valence-electron chi connectivity index (χ0n) is 9.18. The van der Waals surface area contributed by atoms with Gasteiger partial charge in [-0.3, -0.25) is 0 Å². The summed E-state index contributed by atoms with van der Waals surface area (Å²) in [6.07, 6.45) is 1.85. The van der Waals surface area contributed by atoms with E-state index in [1.54, 1.807) is 0 Å². The van der Waals surface area contributed by atoms with Gasteiger partial charge in [0.05, 0.1) is 0 Å². The first-order chi connectivity index (χ1) is 6.72. The number of aryl methyl sites for hydroxylation is 2. The third kappa shape index (κ3) is 5.41. The molecule has 0 nitrogen and oxygen atoms in total. The molecule has 0 aromatic heterocycles. The Labute approximate surface area is 103 Å². The van der Waals surface area contributed by atoms with Crippen LogP contribution in [0.3, 0.4) is 0 Å². The maximum atomic E-state index is 3.64. The minimum Gasteiger partial charge on any atom is -0.748 e. The Morgan fingerprint density at radius 3 is 2.13 bits per heavy atom. The van der Waals surface area contributed by atoms with E-state index in [1.807, 2.05) is 18.2 Å². The summed E-state index contributed by atoms with van der Waals surface area (Å²) in [5, 5.41) is 0. The normalized spacial score (nSPS) is 8.40. The van der Waals surface area contributed by atoms with Gasteiger partial charge in [0.25, 0.3) is 0 Å². The van der Waals surface area contributed by atoms with Crippen LogP contribution in [0.25, 0.3) is 6.08 Å². The smallest absolute Gasteiger partial charge is 0 e. The average molecular weight is 240 g/mol. The largest absolute Gasteiger partial charge is 0.748 e. The summed E-state index contributed by atoms with van der Waals surface area (Å²) >= 11 is 0. The molecule has 0 atom stereocenters. The predicted octanol–water partition coefficient (Wildman–Crippen LogP) is 4.07. The molecule has 1 heteroatoms. The number of hydrogen-bond acceptors (Lipinski definition) is 0. The molecule has 0 heterocycles. The first-order valence-electron chi connectivity index (χ1n) is 4.76. The predicted molar refractivity (Wildman–Crippen MR) is 63.6 cm³/mol. The van der Waals surface area contributed by atoms with Gasteiger partial charge in [0.1, 0.15) is 0 Å². The van der Waals surface area contributed by atoms with E-state index in [-0.39, 0.29) is 17.1 Å². The molecule has 86 valence electrons. The van der Waals surface area contributed by atoms with Gasteiger partial charge in [0.2, 0.25) is 0 Å². The van der Waals surface area contributed by atoms with Crippen molar-refractivity contribution in [2.45, 2.75) is 13.8 Å². The second-order valence-corrected chi connectivity index (χ2v) is 3.39. The topological polar surface area (TPSA) is 0 Å². The molecule has 2 rings (SSSR count). The van der Waals surface area contributed by atoms with Crippen molar-refractivity contribution in [2.24, 2.45) is 0 Å². The monoisotopic (exact) mass is 240 g/mol. The van der Waals surface area contributed by atoms with Crippen molar-refractivity contribution < 1.29 is 17.1 Å². The van der Waals surface area contributed by atoms with Crippen molar-refractivity contribution in [3.63, 3.8) is 0 Å². The van der Waals surface area contributed by atoms with Gasteiger partial charge < -0.3 is 29.8 Å². The van der Waals surface area contributed by atoms with E-state index >= 15 is 0 Å². The van der Waals surface area contributed by atoms with Crippen LogP contribution in [0, 0.1) is 13.8 Å². The summed E-state index contributed by atoms with van der Waals surface area (Å²) in [7, 11) is 0. The first kappa shape index (κ1) is 14.0. The molecule has 2 aromatic rings. The van der Waals surface area contributed by atoms with E-state index < -0.39 is 0 Å². The molecule has 0 saturated carbocycles. The Hall–Kier alpha value is -1.04. The van der Waals surface area contributed by atoms with Crippen molar-refractivity contribution in [1.29, 1.82) is 0 Å². The van der Waals surface area contributed by atoms with Crippen molar-refractivity contribution in [1.82, 2.24) is 0 Å². The fourth-order valence-electron chi connectivity index (χ4n) is 1.18. The maximum absolute atomic E-state index is 3.64. The van der Waals surface area contributed by atoms with Crippen molar-refractivity contribution in [2.75, 3.05) is 0 Å². The molecule has 2 aromatic carbocycles. The van der Waals surface area contributed by atoms with Crippen molar-refractivity contribution in [3.05, 3.63) is 65.7 Å². The molecule has 0 aliphatic heterocycles. The van der Waals surface area contributed by atoms with Crippen molar-refractivity contribution >= 4 is 6.08 Å². The summed E-state index contributed by atoms with van der Waals surface area (Å²) in [6.45, 7) is 7.80. The van der Waals surface area contributed by atoms with Crippen molar-refractivity contribution in [3.8, 4) is 0 Å². The molecule has 15 heavy (non-hydrogen) atoms. The molecular weight excluding hydrogens is 224 g/mol. The van der Waals surface area contributed by atoms with E-state index in [1.165, 1.54) is 16.7 Å². The third-order valence-electron chi connectivity index (χ3n) is 2.00. The van der Waals surface area contributed by atoms with Gasteiger partial charge in [0.15, 0.2) is 0 Å². The molecule has 0 unspecified atom stereocenters. The Bertz CT molecular complexity index is 366. The second kappa shape index (κ2) is 7.28. The van der Waals surface area contributed by atoms with Gasteiger partial charge in [-0.25, -0.2) is 6.92 Å². The molecule has 0 aliphatic rings. The maximum Gasteiger partial charge on any atom is 0 e. The number of rotatable bonds is 1. The van der Waals surface area contributed by atoms with Gasteiger partial charge in [-0.15, -0.1) is 23.8 Å². The Morgan fingerprint density at radius 1 is 1.33 bits per heavy atom. The van der Waals surface area contributed by atoms with Crippen LogP contribution in [0.2, 0.25) is 0 Å². The molecular formula is C14H16Fe-6. The van der Waals surface area contributed by atoms with Gasteiger partial charge in [-0.05, 0) is 0 Å². The van der Waals surface area contributed by atoms with Crippen LogP contribution in [-0.4, -0.2) is 0 Å². The summed E-state index contributed by atoms with van der Waals surface area (Å²) in [6, 6.07) is 14.5. The zero-order valence-corrected chi connectivity index (χ0v) is 10.3. The fraction of sp³-hybridized carbons (Fsp3) is 0.143. The summed E-state index contributed by atoms with van der Waals surface area (Å²) in [4.78, 5) is 0. The van der Waals surface area contributed by atoms with Gasteiger partial charge in [-0.2, -0.15) is 18.2 Å². The van der Waals surface area contributed by atoms with Crippen LogP contribution in [0.1, 0.15) is 16.7 Å². The fourth-order valence-corrected chi connectivity index (χ4v) is 1.18. The number of hydrogen-bond donors (Lipinski definition) is 0. The summed E-state index contributed by atoms with van der Waals surface area (Å²) in [5.41, 5.74) is 3.86. The van der Waals surface area contributed by atoms with Gasteiger partial charge in [0, 0.05) is 17.1 Å². The second-order valence-electron chi connectivity index (χ2n) is 3.39. The molecule has 0 fully saturated rings. The Balaban J connectivity index is 0.000000253. The van der Waals surface area contributed by atoms with Crippen LogP contribution in [0.5, 0.6) is 0 Å². The molecule has 0 amide bonds. The minimum atomic E-state index is 0. The van der Waals surface area contributed by atoms with Crippen LogP contribution in [0.4, 0.5) is 0 Å². The summed E-state index contributed by atoms with van der Waals surface area (Å²) in [5.74, 6) is 0.